The summed E-state index contributed by atoms with van der Waals surface area (Å²) in [6, 6.07) is 4.42. The van der Waals surface area contributed by atoms with Crippen LogP contribution in [0.3, 0.4) is 0 Å². The van der Waals surface area contributed by atoms with Gasteiger partial charge in [0.1, 0.15) is 5.76 Å². The Morgan fingerprint density at radius 2 is 1.88 bits per heavy atom. The SMILES string of the molecule is C=C(O)c1ccc2c(c1)C(=O)N(CCO)C2=O. The fourth-order valence-corrected chi connectivity index (χ4v) is 1.77. The number of benzene rings is 1. The summed E-state index contributed by atoms with van der Waals surface area (Å²) in [6.45, 7) is 3.06. The van der Waals surface area contributed by atoms with Gasteiger partial charge in [0.25, 0.3) is 11.8 Å². The topological polar surface area (TPSA) is 77.8 Å². The first-order chi connectivity index (χ1) is 8.06. The molecule has 0 unspecified atom stereocenters. The second-order valence-corrected chi connectivity index (χ2v) is 3.69. The van der Waals surface area contributed by atoms with Gasteiger partial charge in [0.15, 0.2) is 0 Å². The number of amides is 2. The molecule has 0 fully saturated rings. The molecule has 2 amide bonds. The third-order valence-electron chi connectivity index (χ3n) is 2.63. The highest BCUT2D eigenvalue weighted by molar-refractivity contribution is 6.21. The molecule has 88 valence electrons. The van der Waals surface area contributed by atoms with Crippen LogP contribution in [0.25, 0.3) is 5.76 Å². The normalized spacial score (nSPS) is 14.1. The minimum Gasteiger partial charge on any atom is -0.508 e. The molecule has 0 radical (unpaired) electrons. The minimum atomic E-state index is -0.456. The standard InChI is InChI=1S/C12H11NO4/c1-7(15)8-2-3-9-10(6-8)12(17)13(4-5-14)11(9)16/h2-3,6,14-15H,1,4-5H2. The van der Waals surface area contributed by atoms with Crippen molar-refractivity contribution in [1.82, 2.24) is 4.90 Å². The lowest BCUT2D eigenvalue weighted by Crippen LogP contribution is -2.32. The first kappa shape index (κ1) is 11.3. The fraction of sp³-hybridized carbons (Fsp3) is 0.167. The van der Waals surface area contributed by atoms with Crippen molar-refractivity contribution in [3.05, 3.63) is 41.5 Å². The Morgan fingerprint density at radius 1 is 1.24 bits per heavy atom. The van der Waals surface area contributed by atoms with Gasteiger partial charge in [0.2, 0.25) is 0 Å². The zero-order valence-electron chi connectivity index (χ0n) is 9.01. The lowest BCUT2D eigenvalue weighted by Gasteiger charge is -2.10. The summed E-state index contributed by atoms with van der Waals surface area (Å²) in [7, 11) is 0. The summed E-state index contributed by atoms with van der Waals surface area (Å²) in [4.78, 5) is 24.6. The molecule has 1 heterocycles. The largest absolute Gasteiger partial charge is 0.508 e. The van der Waals surface area contributed by atoms with Crippen LogP contribution in [0.15, 0.2) is 24.8 Å². The highest BCUT2D eigenvalue weighted by Gasteiger charge is 2.35. The van der Waals surface area contributed by atoms with E-state index in [1.165, 1.54) is 18.2 Å². The molecule has 17 heavy (non-hydrogen) atoms. The number of fused-ring (bicyclic) bond motifs is 1. The number of aliphatic hydroxyl groups is 2. The highest BCUT2D eigenvalue weighted by atomic mass is 16.3. The zero-order chi connectivity index (χ0) is 12.6. The van der Waals surface area contributed by atoms with Crippen molar-refractivity contribution in [2.75, 3.05) is 13.2 Å². The molecule has 0 saturated heterocycles. The molecular formula is C12H11NO4. The third-order valence-corrected chi connectivity index (χ3v) is 2.63. The summed E-state index contributed by atoms with van der Waals surface area (Å²) in [5.74, 6) is -1.04. The predicted octanol–water partition coefficient (Wildman–Crippen LogP) is 0.804. The Morgan fingerprint density at radius 3 is 2.47 bits per heavy atom. The Labute approximate surface area is 97.6 Å². The summed E-state index contributed by atoms with van der Waals surface area (Å²) in [5.41, 5.74) is 0.917. The number of imide groups is 1. The molecular weight excluding hydrogens is 222 g/mol. The Bertz CT molecular complexity index is 521. The molecule has 0 aliphatic carbocycles. The van der Waals surface area contributed by atoms with E-state index in [0.717, 1.165) is 4.90 Å². The van der Waals surface area contributed by atoms with E-state index in [1.807, 2.05) is 0 Å². The second kappa shape index (κ2) is 4.03. The average molecular weight is 233 g/mol. The van der Waals surface area contributed by atoms with Gasteiger partial charge in [-0.3, -0.25) is 14.5 Å². The van der Waals surface area contributed by atoms with Crippen molar-refractivity contribution >= 4 is 17.6 Å². The fourth-order valence-electron chi connectivity index (χ4n) is 1.77. The van der Waals surface area contributed by atoms with Crippen molar-refractivity contribution in [1.29, 1.82) is 0 Å². The molecule has 1 aliphatic rings. The van der Waals surface area contributed by atoms with E-state index >= 15 is 0 Å². The van der Waals surface area contributed by atoms with Gasteiger partial charge in [-0.2, -0.15) is 0 Å². The third kappa shape index (κ3) is 1.70. The number of carbonyl (C=O) groups excluding carboxylic acids is 2. The lowest BCUT2D eigenvalue weighted by molar-refractivity contribution is 0.0624. The Kier molecular flexibility index (Phi) is 2.69. The van der Waals surface area contributed by atoms with Crippen molar-refractivity contribution in [3.63, 3.8) is 0 Å². The van der Waals surface area contributed by atoms with Crippen LogP contribution in [0.4, 0.5) is 0 Å². The first-order valence-electron chi connectivity index (χ1n) is 5.05. The number of aliphatic hydroxyl groups excluding tert-OH is 2. The van der Waals surface area contributed by atoms with Crippen LogP contribution in [0.2, 0.25) is 0 Å². The van der Waals surface area contributed by atoms with Crippen LogP contribution in [-0.2, 0) is 0 Å². The van der Waals surface area contributed by atoms with E-state index < -0.39 is 11.8 Å². The highest BCUT2D eigenvalue weighted by Crippen LogP contribution is 2.25. The molecule has 1 aromatic rings. The molecule has 0 bridgehead atoms. The molecule has 5 heteroatoms. The van der Waals surface area contributed by atoms with Gasteiger partial charge < -0.3 is 10.2 Å². The molecule has 2 rings (SSSR count). The summed E-state index contributed by atoms with van der Waals surface area (Å²) in [6.07, 6.45) is 0. The van der Waals surface area contributed by atoms with Crippen molar-refractivity contribution in [2.45, 2.75) is 0 Å². The van der Waals surface area contributed by atoms with E-state index in [-0.39, 0.29) is 30.0 Å². The Balaban J connectivity index is 2.47. The van der Waals surface area contributed by atoms with Crippen molar-refractivity contribution < 1.29 is 19.8 Å². The van der Waals surface area contributed by atoms with Crippen LogP contribution in [0, 0.1) is 0 Å². The minimum absolute atomic E-state index is 0.0260. The maximum Gasteiger partial charge on any atom is 0.261 e. The summed E-state index contributed by atoms with van der Waals surface area (Å²) in [5, 5.41) is 18.0. The van der Waals surface area contributed by atoms with Crippen LogP contribution in [-0.4, -0.2) is 40.1 Å². The smallest absolute Gasteiger partial charge is 0.261 e. The Hall–Kier alpha value is -2.14. The average Bonchev–Trinajstić information content (AvgIpc) is 2.54. The van der Waals surface area contributed by atoms with Crippen LogP contribution in [0.1, 0.15) is 26.3 Å². The van der Waals surface area contributed by atoms with E-state index in [9.17, 15) is 14.7 Å². The monoisotopic (exact) mass is 233 g/mol. The molecule has 2 N–H and O–H groups in total. The van der Waals surface area contributed by atoms with Gasteiger partial charge in [-0.25, -0.2) is 0 Å². The maximum absolute atomic E-state index is 11.9. The summed E-state index contributed by atoms with van der Waals surface area (Å²) >= 11 is 0. The first-order valence-corrected chi connectivity index (χ1v) is 5.05. The van der Waals surface area contributed by atoms with Crippen LogP contribution in [0.5, 0.6) is 0 Å². The summed E-state index contributed by atoms with van der Waals surface area (Å²) < 4.78 is 0. The van der Waals surface area contributed by atoms with Gasteiger partial charge in [-0.05, 0) is 12.1 Å². The van der Waals surface area contributed by atoms with E-state index in [2.05, 4.69) is 6.58 Å². The van der Waals surface area contributed by atoms with Gasteiger partial charge in [-0.1, -0.05) is 12.6 Å². The maximum atomic E-state index is 11.9. The van der Waals surface area contributed by atoms with Crippen molar-refractivity contribution in [2.24, 2.45) is 0 Å². The second-order valence-electron chi connectivity index (χ2n) is 3.69. The molecule has 5 nitrogen and oxygen atoms in total. The van der Waals surface area contributed by atoms with Crippen molar-refractivity contribution in [3.8, 4) is 0 Å². The van der Waals surface area contributed by atoms with Crippen LogP contribution >= 0.6 is 0 Å². The quantitative estimate of drug-likeness (QED) is 0.598. The van der Waals surface area contributed by atoms with E-state index in [1.54, 1.807) is 0 Å². The van der Waals surface area contributed by atoms with Gasteiger partial charge in [-0.15, -0.1) is 0 Å². The molecule has 1 aliphatic heterocycles. The number of nitrogens with zero attached hydrogens (tertiary/aromatic N) is 1. The number of carbonyl (C=O) groups is 2. The van der Waals surface area contributed by atoms with Crippen LogP contribution < -0.4 is 0 Å². The van der Waals surface area contributed by atoms with Gasteiger partial charge in [0, 0.05) is 5.56 Å². The molecule has 0 spiro atoms. The number of β-amino-alcohol motifs (C(OH)–C–C–N with tert-alkyl or cyclic N) is 1. The molecule has 1 aromatic carbocycles. The predicted molar refractivity (Wildman–Crippen MR) is 60.6 cm³/mol. The number of hydrogen-bond acceptors (Lipinski definition) is 4. The molecule has 0 aromatic heterocycles. The lowest BCUT2D eigenvalue weighted by atomic mass is 10.1. The van der Waals surface area contributed by atoms with Gasteiger partial charge >= 0.3 is 0 Å². The zero-order valence-corrected chi connectivity index (χ0v) is 9.01. The number of hydrogen-bond donors (Lipinski definition) is 2. The molecule has 0 saturated carbocycles. The van der Waals surface area contributed by atoms with E-state index in [0.29, 0.717) is 5.56 Å². The van der Waals surface area contributed by atoms with Gasteiger partial charge in [0.05, 0.1) is 24.3 Å². The molecule has 0 atom stereocenters. The van der Waals surface area contributed by atoms with E-state index in [4.69, 9.17) is 5.11 Å². The number of rotatable bonds is 3.